The Kier molecular flexibility index (Phi) is 15.9. The van der Waals surface area contributed by atoms with Gasteiger partial charge in [0.1, 0.15) is 0 Å². The predicted molar refractivity (Wildman–Crippen MR) is 26.1 cm³/mol. The molecule has 0 aromatic heterocycles. The van der Waals surface area contributed by atoms with Crippen LogP contribution in [0.3, 0.4) is 0 Å². The lowest BCUT2D eigenvalue weighted by molar-refractivity contribution is 2.15. The van der Waals surface area contributed by atoms with Crippen LogP contribution in [0.25, 0.3) is 0 Å². The molecule has 0 aliphatic heterocycles. The third-order valence-corrected chi connectivity index (χ3v) is 0.167. The van der Waals surface area contributed by atoms with E-state index in [2.05, 4.69) is 13.2 Å². The van der Waals surface area contributed by atoms with Gasteiger partial charge in [0.2, 0.25) is 0 Å². The largest absolute Gasteiger partial charge is 0.0991 e. The van der Waals surface area contributed by atoms with Gasteiger partial charge in [-0.25, -0.2) is 0 Å². The maximum Gasteiger partial charge on any atom is 0 e. The van der Waals surface area contributed by atoms with E-state index in [9.17, 15) is 0 Å². The summed E-state index contributed by atoms with van der Waals surface area (Å²) in [7, 11) is 0. The van der Waals surface area contributed by atoms with Crippen LogP contribution in [-0.2, 0) is 0 Å². The molecular formula is C4H6Mg. The Morgan fingerprint density at radius 2 is 1.20 bits per heavy atom. The van der Waals surface area contributed by atoms with Crippen molar-refractivity contribution in [1.29, 1.82) is 0 Å². The second-order valence-corrected chi connectivity index (χ2v) is 0.471. The summed E-state index contributed by atoms with van der Waals surface area (Å²) in [5, 5.41) is 0. The van der Waals surface area contributed by atoms with Gasteiger partial charge < -0.3 is 0 Å². The van der Waals surface area contributed by atoms with Gasteiger partial charge in [-0.15, -0.1) is 0 Å². The van der Waals surface area contributed by atoms with E-state index in [1.165, 1.54) is 0 Å². The van der Waals surface area contributed by atoms with Crippen molar-refractivity contribution in [1.82, 2.24) is 0 Å². The van der Waals surface area contributed by atoms with Crippen LogP contribution in [0.2, 0.25) is 0 Å². The summed E-state index contributed by atoms with van der Waals surface area (Å²) in [6.45, 7) is 6.72. The second-order valence-electron chi connectivity index (χ2n) is 0.471. The molecule has 0 rings (SSSR count). The lowest BCUT2D eigenvalue weighted by Crippen LogP contribution is -1.21. The molecule has 0 aromatic carbocycles. The van der Waals surface area contributed by atoms with Crippen LogP contribution in [0.1, 0.15) is 0 Å². The molecule has 0 aromatic rings. The van der Waals surface area contributed by atoms with Crippen molar-refractivity contribution in [3.05, 3.63) is 25.3 Å². The topological polar surface area (TPSA) is 0 Å². The molecule has 1 heteroatoms. The Labute approximate surface area is 48.7 Å². The van der Waals surface area contributed by atoms with Gasteiger partial charge in [0.05, 0.1) is 0 Å². The first-order chi connectivity index (χ1) is 1.91. The molecule has 0 nitrogen and oxygen atoms in total. The SMILES string of the molecule is C=CC=C.[Mg]. The minimum absolute atomic E-state index is 0. The molecule has 0 N–H and O–H groups in total. The van der Waals surface area contributed by atoms with Crippen molar-refractivity contribution in [2.24, 2.45) is 0 Å². The van der Waals surface area contributed by atoms with Gasteiger partial charge in [0.25, 0.3) is 0 Å². The molecule has 0 aliphatic carbocycles. The van der Waals surface area contributed by atoms with Crippen molar-refractivity contribution >= 4 is 23.1 Å². The summed E-state index contributed by atoms with van der Waals surface area (Å²) < 4.78 is 0. The predicted octanol–water partition coefficient (Wildman–Crippen LogP) is 0.978. The van der Waals surface area contributed by atoms with Gasteiger partial charge in [0.15, 0.2) is 0 Å². The lowest BCUT2D eigenvalue weighted by Gasteiger charge is -1.44. The van der Waals surface area contributed by atoms with E-state index in [4.69, 9.17) is 0 Å². The summed E-state index contributed by atoms with van der Waals surface area (Å²) >= 11 is 0. The molecule has 0 amide bonds. The number of rotatable bonds is 1. The van der Waals surface area contributed by atoms with E-state index in [1.54, 1.807) is 12.2 Å². The molecule has 0 fully saturated rings. The number of allylic oxidation sites excluding steroid dienone is 2. The van der Waals surface area contributed by atoms with Gasteiger partial charge in [-0.05, 0) is 0 Å². The van der Waals surface area contributed by atoms with Crippen molar-refractivity contribution in [3.63, 3.8) is 0 Å². The quantitative estimate of drug-likeness (QED) is 0.324. The van der Waals surface area contributed by atoms with Gasteiger partial charge >= 0.3 is 0 Å². The van der Waals surface area contributed by atoms with E-state index in [-0.39, 0.29) is 23.1 Å². The molecule has 0 bridgehead atoms. The first kappa shape index (κ1) is 8.98. The zero-order valence-electron chi connectivity index (χ0n) is 3.28. The Bertz CT molecular complexity index is 24.6. The maximum absolute atomic E-state index is 3.36. The lowest BCUT2D eigenvalue weighted by atomic mass is 10.6. The van der Waals surface area contributed by atoms with E-state index in [0.717, 1.165) is 0 Å². The first-order valence-corrected chi connectivity index (χ1v) is 1.15. The average Bonchev–Trinajstić information content (AvgIpc) is 1.37. The first-order valence-electron chi connectivity index (χ1n) is 1.15. The van der Waals surface area contributed by atoms with E-state index in [0.29, 0.717) is 0 Å². The molecule has 0 unspecified atom stereocenters. The van der Waals surface area contributed by atoms with E-state index in [1.807, 2.05) is 0 Å². The highest BCUT2D eigenvalue weighted by molar-refractivity contribution is 5.75. The Balaban J connectivity index is 0. The van der Waals surface area contributed by atoms with Crippen LogP contribution in [0.5, 0.6) is 0 Å². The van der Waals surface area contributed by atoms with Crippen LogP contribution >= 0.6 is 0 Å². The summed E-state index contributed by atoms with van der Waals surface area (Å²) in [5.41, 5.74) is 0. The van der Waals surface area contributed by atoms with E-state index < -0.39 is 0 Å². The van der Waals surface area contributed by atoms with Crippen LogP contribution in [0.4, 0.5) is 0 Å². The summed E-state index contributed by atoms with van der Waals surface area (Å²) in [6.07, 6.45) is 3.28. The summed E-state index contributed by atoms with van der Waals surface area (Å²) in [6, 6.07) is 0. The van der Waals surface area contributed by atoms with Crippen molar-refractivity contribution in [2.75, 3.05) is 0 Å². The second kappa shape index (κ2) is 8.87. The minimum Gasteiger partial charge on any atom is -0.0991 e. The van der Waals surface area contributed by atoms with Crippen molar-refractivity contribution in [2.45, 2.75) is 0 Å². The fourth-order valence-corrected chi connectivity index (χ4v) is 0. The molecule has 0 heterocycles. The van der Waals surface area contributed by atoms with E-state index >= 15 is 0 Å². The molecule has 0 atom stereocenters. The van der Waals surface area contributed by atoms with Gasteiger partial charge in [-0.3, -0.25) is 0 Å². The van der Waals surface area contributed by atoms with Crippen LogP contribution in [-0.4, -0.2) is 23.1 Å². The molecule has 24 valence electrons. The average molecular weight is 78.4 g/mol. The summed E-state index contributed by atoms with van der Waals surface area (Å²) in [4.78, 5) is 0. The maximum atomic E-state index is 3.36. The van der Waals surface area contributed by atoms with Gasteiger partial charge in [0, 0.05) is 23.1 Å². The zero-order chi connectivity index (χ0) is 3.41. The highest BCUT2D eigenvalue weighted by atomic mass is 24.3. The Hall–Kier alpha value is 0.246. The molecule has 2 radical (unpaired) electrons. The highest BCUT2D eigenvalue weighted by Crippen LogP contribution is 1.52. The molecule has 0 saturated heterocycles. The molecule has 0 saturated carbocycles. The highest BCUT2D eigenvalue weighted by Gasteiger charge is 1.29. The zero-order valence-corrected chi connectivity index (χ0v) is 4.69. The van der Waals surface area contributed by atoms with Crippen molar-refractivity contribution < 1.29 is 0 Å². The van der Waals surface area contributed by atoms with Crippen LogP contribution < -0.4 is 0 Å². The van der Waals surface area contributed by atoms with Crippen LogP contribution in [0, 0.1) is 0 Å². The molecule has 5 heavy (non-hydrogen) atoms. The normalized spacial score (nSPS) is 4.00. The fourth-order valence-electron chi connectivity index (χ4n) is 0. The van der Waals surface area contributed by atoms with Crippen molar-refractivity contribution in [3.8, 4) is 0 Å². The smallest absolute Gasteiger partial charge is 0 e. The number of hydrogen-bond donors (Lipinski definition) is 0. The molecule has 0 spiro atoms. The molecule has 0 aliphatic rings. The standard InChI is InChI=1S/C4H6.Mg/c1-3-4-2;/h3-4H,1-2H2;. The third kappa shape index (κ3) is 13.8. The Morgan fingerprint density at radius 1 is 1.00 bits per heavy atom. The minimum atomic E-state index is 0. The van der Waals surface area contributed by atoms with Gasteiger partial charge in [-0.1, -0.05) is 25.3 Å². The molecular weight excluding hydrogens is 72.3 g/mol. The monoisotopic (exact) mass is 78.0 g/mol. The fraction of sp³-hybridized carbons (Fsp3) is 0. The Morgan fingerprint density at radius 3 is 1.20 bits per heavy atom. The van der Waals surface area contributed by atoms with Gasteiger partial charge in [-0.2, -0.15) is 0 Å². The number of hydrogen-bond acceptors (Lipinski definition) is 0. The van der Waals surface area contributed by atoms with Crippen LogP contribution in [0.15, 0.2) is 25.3 Å². The summed E-state index contributed by atoms with van der Waals surface area (Å²) in [5.74, 6) is 0. The third-order valence-electron chi connectivity index (χ3n) is 0.167.